The molecule has 0 unspecified atom stereocenters. The van der Waals surface area contributed by atoms with Crippen LogP contribution in [0.4, 0.5) is 17.5 Å². The molecule has 1 saturated heterocycles. The Bertz CT molecular complexity index is 1390. The first-order chi connectivity index (χ1) is 18.6. The molecule has 13 heteroatoms. The normalized spacial score (nSPS) is 14.7. The number of nitrogens with one attached hydrogen (secondary N) is 2. The van der Waals surface area contributed by atoms with E-state index in [0.29, 0.717) is 44.2 Å². The summed E-state index contributed by atoms with van der Waals surface area (Å²) in [6.07, 6.45) is 3.32. The van der Waals surface area contributed by atoms with Gasteiger partial charge in [-0.1, -0.05) is 18.5 Å². The van der Waals surface area contributed by atoms with Gasteiger partial charge in [0.15, 0.2) is 32.4 Å². The first-order valence-corrected chi connectivity index (χ1v) is 15.8. The minimum atomic E-state index is -3.36. The number of hydrogen-bond donors (Lipinski definition) is 2. The molecule has 3 heterocycles. The zero-order valence-corrected chi connectivity index (χ0v) is 25.4. The average Bonchev–Trinajstić information content (AvgIpc) is 3.32. The Morgan fingerprint density at radius 2 is 1.97 bits per heavy atom. The van der Waals surface area contributed by atoms with Gasteiger partial charge in [-0.3, -0.25) is 5.10 Å². The summed E-state index contributed by atoms with van der Waals surface area (Å²) in [6.45, 7) is 6.34. The van der Waals surface area contributed by atoms with Crippen LogP contribution in [0.1, 0.15) is 31.9 Å². The summed E-state index contributed by atoms with van der Waals surface area (Å²) in [5, 5.41) is 11.3. The zero-order chi connectivity index (χ0) is 28.2. The summed E-state index contributed by atoms with van der Waals surface area (Å²) in [5.41, 5.74) is 0.911. The Kier molecular flexibility index (Phi) is 9.63. The summed E-state index contributed by atoms with van der Waals surface area (Å²) in [7, 11) is 2.47. The molecular weight excluding hydrogens is 558 g/mol. The number of hydrogen-bond acceptors (Lipinski definition) is 10. The number of benzene rings is 1. The number of H-pyrrole nitrogens is 1. The predicted octanol–water partition coefficient (Wildman–Crippen LogP) is 5.03. The molecule has 4 rings (SSSR count). The number of nitrogens with zero attached hydrogens (tertiary/aromatic N) is 5. The highest BCUT2D eigenvalue weighted by Gasteiger charge is 2.26. The molecule has 1 fully saturated rings. The van der Waals surface area contributed by atoms with Gasteiger partial charge in [-0.2, -0.15) is 5.10 Å². The van der Waals surface area contributed by atoms with Crippen LogP contribution in [0.3, 0.4) is 0 Å². The van der Waals surface area contributed by atoms with Gasteiger partial charge in [0.05, 0.1) is 22.8 Å². The summed E-state index contributed by atoms with van der Waals surface area (Å²) in [6, 6.07) is 6.64. The first kappa shape index (κ1) is 29.4. The molecule has 0 radical (unpaired) electrons. The lowest BCUT2D eigenvalue weighted by molar-refractivity contribution is 0.311. The third kappa shape index (κ3) is 7.36. The molecule has 1 aromatic carbocycles. The lowest BCUT2D eigenvalue weighted by atomic mass is 9.93. The smallest absolute Gasteiger partial charge is 0.204 e. The number of rotatable bonds is 11. The molecule has 39 heavy (non-hydrogen) atoms. The van der Waals surface area contributed by atoms with Crippen LogP contribution in [-0.2, 0) is 9.84 Å². The molecular formula is C26H36ClN7O3S2. The van der Waals surface area contributed by atoms with Crippen LogP contribution in [0.5, 0.6) is 5.75 Å². The van der Waals surface area contributed by atoms with Gasteiger partial charge in [0.2, 0.25) is 5.75 Å². The van der Waals surface area contributed by atoms with Crippen LogP contribution in [-0.4, -0.2) is 80.1 Å². The number of aromatic nitrogens is 4. The number of aryl methyl sites for hydroxylation is 1. The molecule has 3 aromatic rings. The Hall–Kier alpha value is -2.54. The summed E-state index contributed by atoms with van der Waals surface area (Å²) < 4.78 is 30.4. The van der Waals surface area contributed by atoms with E-state index in [1.54, 1.807) is 26.2 Å². The number of methoxy groups -OCH3 is 1. The van der Waals surface area contributed by atoms with Crippen LogP contribution >= 0.6 is 23.4 Å². The number of aromatic amines is 1. The number of piperidine rings is 1. The molecule has 0 aliphatic carbocycles. The van der Waals surface area contributed by atoms with Crippen molar-refractivity contribution in [1.82, 2.24) is 25.1 Å². The topological polar surface area (TPSA) is 116 Å². The Labute approximate surface area is 239 Å². The van der Waals surface area contributed by atoms with Crippen molar-refractivity contribution in [3.63, 3.8) is 0 Å². The number of halogens is 1. The second kappa shape index (κ2) is 12.8. The van der Waals surface area contributed by atoms with Gasteiger partial charge < -0.3 is 19.9 Å². The quantitative estimate of drug-likeness (QED) is 0.293. The van der Waals surface area contributed by atoms with E-state index in [-0.39, 0.29) is 10.6 Å². The van der Waals surface area contributed by atoms with Crippen molar-refractivity contribution in [1.29, 1.82) is 0 Å². The fourth-order valence-corrected chi connectivity index (χ4v) is 6.48. The molecule has 0 atom stereocenters. The van der Waals surface area contributed by atoms with Crippen molar-refractivity contribution >= 4 is 50.7 Å². The molecule has 1 aliphatic heterocycles. The zero-order valence-electron chi connectivity index (χ0n) is 23.0. The van der Waals surface area contributed by atoms with Crippen LogP contribution in [0.2, 0.25) is 5.02 Å². The molecule has 2 N–H and O–H groups in total. The third-order valence-electron chi connectivity index (χ3n) is 6.73. The lowest BCUT2D eigenvalue weighted by Gasteiger charge is -2.34. The maximum absolute atomic E-state index is 12.3. The van der Waals surface area contributed by atoms with E-state index in [1.165, 1.54) is 24.2 Å². The van der Waals surface area contributed by atoms with Gasteiger partial charge in [0.1, 0.15) is 0 Å². The Morgan fingerprint density at radius 1 is 1.23 bits per heavy atom. The molecule has 2 aromatic heterocycles. The van der Waals surface area contributed by atoms with E-state index in [0.717, 1.165) is 38.2 Å². The molecule has 0 bridgehead atoms. The van der Waals surface area contributed by atoms with E-state index in [1.807, 2.05) is 13.0 Å². The molecule has 0 saturated carbocycles. The SMILES string of the molecule is CCS(=O)(=O)c1ccc(Sc2nc(Nc3cc(C)[nH]n3)c(OC)c(N3CCC(CCN(C)C)CC3)n2)c(Cl)c1. The van der Waals surface area contributed by atoms with Gasteiger partial charge in [0, 0.05) is 29.7 Å². The molecule has 212 valence electrons. The highest BCUT2D eigenvalue weighted by atomic mass is 35.5. The van der Waals surface area contributed by atoms with E-state index in [9.17, 15) is 8.42 Å². The van der Waals surface area contributed by atoms with Gasteiger partial charge in [-0.25, -0.2) is 18.4 Å². The van der Waals surface area contributed by atoms with E-state index in [4.69, 9.17) is 26.3 Å². The second-order valence-electron chi connectivity index (χ2n) is 9.89. The van der Waals surface area contributed by atoms with E-state index < -0.39 is 9.84 Å². The molecule has 0 amide bonds. The minimum absolute atomic E-state index is 0.00823. The fraction of sp³-hybridized carbons (Fsp3) is 0.500. The van der Waals surface area contributed by atoms with Crippen molar-refractivity contribution in [3.8, 4) is 5.75 Å². The number of ether oxygens (including phenoxy) is 1. The Balaban J connectivity index is 1.66. The standard InChI is InChI=1S/C26H36ClN7O3S2/c1-6-39(35,36)19-7-8-21(20(27)16-19)38-26-29-24(28-22-15-17(2)31-32-22)23(37-5)25(30-26)34-13-10-18(11-14-34)9-12-33(3)4/h7-8,15-16,18H,6,9-14H2,1-5H3,(H2,28,29,30,31,32). The lowest BCUT2D eigenvalue weighted by Crippen LogP contribution is -2.35. The fourth-order valence-electron chi connectivity index (χ4n) is 4.45. The van der Waals surface area contributed by atoms with Gasteiger partial charge in [-0.05, 0) is 82.7 Å². The maximum Gasteiger partial charge on any atom is 0.204 e. The van der Waals surface area contributed by atoms with Crippen molar-refractivity contribution in [2.75, 3.05) is 56.8 Å². The second-order valence-corrected chi connectivity index (χ2v) is 13.6. The van der Waals surface area contributed by atoms with Crippen LogP contribution in [0.25, 0.3) is 0 Å². The predicted molar refractivity (Wildman–Crippen MR) is 157 cm³/mol. The molecule has 10 nitrogen and oxygen atoms in total. The van der Waals surface area contributed by atoms with Gasteiger partial charge >= 0.3 is 0 Å². The highest BCUT2D eigenvalue weighted by Crippen LogP contribution is 2.41. The number of sulfone groups is 1. The summed E-state index contributed by atoms with van der Waals surface area (Å²) >= 11 is 7.80. The maximum atomic E-state index is 12.3. The summed E-state index contributed by atoms with van der Waals surface area (Å²) in [4.78, 5) is 15.0. The van der Waals surface area contributed by atoms with Gasteiger partial charge in [-0.15, -0.1) is 0 Å². The van der Waals surface area contributed by atoms with Crippen LogP contribution in [0.15, 0.2) is 39.2 Å². The van der Waals surface area contributed by atoms with E-state index >= 15 is 0 Å². The number of anilines is 3. The average molecular weight is 594 g/mol. The third-order valence-corrected chi connectivity index (χ3v) is 9.82. The van der Waals surface area contributed by atoms with Crippen molar-refractivity contribution < 1.29 is 13.2 Å². The van der Waals surface area contributed by atoms with Crippen molar-refractivity contribution in [2.45, 2.75) is 48.1 Å². The van der Waals surface area contributed by atoms with E-state index in [2.05, 4.69) is 39.4 Å². The monoisotopic (exact) mass is 593 g/mol. The minimum Gasteiger partial charge on any atom is -0.490 e. The highest BCUT2D eigenvalue weighted by molar-refractivity contribution is 7.99. The van der Waals surface area contributed by atoms with Crippen molar-refractivity contribution in [3.05, 3.63) is 35.0 Å². The van der Waals surface area contributed by atoms with Crippen molar-refractivity contribution in [2.24, 2.45) is 5.92 Å². The van der Waals surface area contributed by atoms with Crippen LogP contribution < -0.4 is 15.0 Å². The van der Waals surface area contributed by atoms with Gasteiger partial charge in [0.25, 0.3) is 0 Å². The molecule has 0 spiro atoms. The van der Waals surface area contributed by atoms with Crippen LogP contribution in [0, 0.1) is 12.8 Å². The summed E-state index contributed by atoms with van der Waals surface area (Å²) in [5.74, 6) is 3.04. The Morgan fingerprint density at radius 3 is 2.56 bits per heavy atom. The molecule has 1 aliphatic rings. The first-order valence-electron chi connectivity index (χ1n) is 12.9. The largest absolute Gasteiger partial charge is 0.490 e.